The van der Waals surface area contributed by atoms with Gasteiger partial charge in [-0.1, -0.05) is 24.3 Å². The first-order chi connectivity index (χ1) is 9.63. The number of hydrogen-bond donors (Lipinski definition) is 2. The number of nitrogens with one attached hydrogen (secondary N) is 1. The molecule has 7 heteroatoms. The van der Waals surface area contributed by atoms with Gasteiger partial charge in [0.1, 0.15) is 4.88 Å². The molecule has 1 amide bonds. The summed E-state index contributed by atoms with van der Waals surface area (Å²) in [5, 5.41) is 16.0. The third kappa shape index (κ3) is 3.33. The van der Waals surface area contributed by atoms with Gasteiger partial charge in [-0.25, -0.2) is 0 Å². The Labute approximate surface area is 121 Å². The van der Waals surface area contributed by atoms with E-state index >= 15 is 0 Å². The van der Waals surface area contributed by atoms with Gasteiger partial charge in [0.15, 0.2) is 0 Å². The first-order valence-electron chi connectivity index (χ1n) is 6.95. The van der Waals surface area contributed by atoms with Crippen molar-refractivity contribution in [1.29, 1.82) is 0 Å². The summed E-state index contributed by atoms with van der Waals surface area (Å²) < 4.78 is 3.79. The van der Waals surface area contributed by atoms with Crippen molar-refractivity contribution in [3.8, 4) is 0 Å². The molecule has 0 bridgehead atoms. The fourth-order valence-electron chi connectivity index (χ4n) is 2.69. The van der Waals surface area contributed by atoms with E-state index in [9.17, 15) is 14.7 Å². The van der Waals surface area contributed by atoms with Gasteiger partial charge in [-0.2, -0.15) is 0 Å². The minimum Gasteiger partial charge on any atom is -0.481 e. The minimum atomic E-state index is -0.752. The Balaban J connectivity index is 1.93. The molecule has 2 atom stereocenters. The molecule has 1 aromatic rings. The number of aryl methyl sites for hydroxylation is 1. The highest BCUT2D eigenvalue weighted by atomic mass is 32.1. The van der Waals surface area contributed by atoms with Gasteiger partial charge in [-0.15, -0.1) is 5.10 Å². The standard InChI is InChI=1S/C13H19N3O3S/c1-2-10-11(20-16-15-10)12(17)14-7-8-5-3-4-6-9(8)13(18)19/h8-9H,2-7H2,1H3,(H,14,17)(H,18,19). The molecule has 2 rings (SSSR count). The van der Waals surface area contributed by atoms with Crippen LogP contribution in [0, 0.1) is 11.8 Å². The molecule has 1 heterocycles. The number of carbonyl (C=O) groups is 2. The third-order valence-corrected chi connectivity index (χ3v) is 4.61. The van der Waals surface area contributed by atoms with Crippen molar-refractivity contribution < 1.29 is 14.7 Å². The van der Waals surface area contributed by atoms with Crippen LogP contribution in [0.4, 0.5) is 0 Å². The van der Waals surface area contributed by atoms with Crippen LogP contribution in [0.5, 0.6) is 0 Å². The van der Waals surface area contributed by atoms with Crippen molar-refractivity contribution in [2.75, 3.05) is 6.54 Å². The maximum absolute atomic E-state index is 12.1. The monoisotopic (exact) mass is 297 g/mol. The zero-order chi connectivity index (χ0) is 14.5. The number of nitrogens with zero attached hydrogens (tertiary/aromatic N) is 2. The summed E-state index contributed by atoms with van der Waals surface area (Å²) in [5.41, 5.74) is 0.700. The summed E-state index contributed by atoms with van der Waals surface area (Å²) in [6.07, 6.45) is 4.23. The molecule has 0 aromatic carbocycles. The topological polar surface area (TPSA) is 92.2 Å². The Morgan fingerprint density at radius 1 is 1.40 bits per heavy atom. The lowest BCUT2D eigenvalue weighted by Crippen LogP contribution is -2.37. The number of carboxylic acid groups (broad SMARTS) is 1. The summed E-state index contributed by atoms with van der Waals surface area (Å²) in [4.78, 5) is 23.8. The van der Waals surface area contributed by atoms with Crippen molar-refractivity contribution >= 4 is 23.4 Å². The largest absolute Gasteiger partial charge is 0.481 e. The second-order valence-corrected chi connectivity index (χ2v) is 5.86. The quantitative estimate of drug-likeness (QED) is 0.863. The third-order valence-electron chi connectivity index (χ3n) is 3.85. The Kier molecular flexibility index (Phi) is 5.05. The predicted octanol–water partition coefficient (Wildman–Crippen LogP) is 1.72. The smallest absolute Gasteiger partial charge is 0.306 e. The first kappa shape index (κ1) is 14.9. The van der Waals surface area contributed by atoms with Crippen LogP contribution in [-0.4, -0.2) is 33.1 Å². The number of carboxylic acids is 1. The molecule has 1 aromatic heterocycles. The average molecular weight is 297 g/mol. The average Bonchev–Trinajstić information content (AvgIpc) is 2.93. The van der Waals surface area contributed by atoms with Gasteiger partial charge in [0.25, 0.3) is 5.91 Å². The lowest BCUT2D eigenvalue weighted by Gasteiger charge is -2.28. The van der Waals surface area contributed by atoms with Crippen LogP contribution >= 0.6 is 11.5 Å². The van der Waals surface area contributed by atoms with E-state index < -0.39 is 5.97 Å². The van der Waals surface area contributed by atoms with Gasteiger partial charge in [-0.3, -0.25) is 9.59 Å². The lowest BCUT2D eigenvalue weighted by molar-refractivity contribution is -0.144. The molecule has 2 unspecified atom stereocenters. The Morgan fingerprint density at radius 3 is 2.85 bits per heavy atom. The van der Waals surface area contributed by atoms with Crippen LogP contribution in [0.2, 0.25) is 0 Å². The molecule has 0 aliphatic heterocycles. The van der Waals surface area contributed by atoms with Crippen LogP contribution in [0.1, 0.15) is 48.0 Å². The molecule has 6 nitrogen and oxygen atoms in total. The van der Waals surface area contributed by atoms with Gasteiger partial charge >= 0.3 is 5.97 Å². The van der Waals surface area contributed by atoms with E-state index in [-0.39, 0.29) is 17.7 Å². The zero-order valence-corrected chi connectivity index (χ0v) is 12.3. The molecule has 1 aliphatic carbocycles. The molecule has 110 valence electrons. The minimum absolute atomic E-state index is 0.0242. The van der Waals surface area contributed by atoms with Crippen LogP contribution in [0.15, 0.2) is 0 Å². The van der Waals surface area contributed by atoms with E-state index in [0.29, 0.717) is 30.0 Å². The Bertz CT molecular complexity index is 489. The molecule has 20 heavy (non-hydrogen) atoms. The van der Waals surface area contributed by atoms with Gasteiger partial charge in [0, 0.05) is 6.54 Å². The summed E-state index contributed by atoms with van der Waals surface area (Å²) >= 11 is 1.09. The molecular weight excluding hydrogens is 278 g/mol. The van der Waals surface area contributed by atoms with Gasteiger partial charge in [0.2, 0.25) is 0 Å². The van der Waals surface area contributed by atoms with Crippen LogP contribution in [0.25, 0.3) is 0 Å². The summed E-state index contributed by atoms with van der Waals surface area (Å²) in [6, 6.07) is 0. The van der Waals surface area contributed by atoms with Crippen molar-refractivity contribution in [2.45, 2.75) is 39.0 Å². The normalized spacial score (nSPS) is 22.4. The van der Waals surface area contributed by atoms with E-state index in [4.69, 9.17) is 0 Å². The number of carbonyl (C=O) groups excluding carboxylic acids is 1. The van der Waals surface area contributed by atoms with E-state index in [1.807, 2.05) is 6.92 Å². The number of rotatable bonds is 5. The summed E-state index contributed by atoms with van der Waals surface area (Å²) in [5.74, 6) is -1.25. The predicted molar refractivity (Wildman–Crippen MR) is 74.7 cm³/mol. The highest BCUT2D eigenvalue weighted by Gasteiger charge is 2.31. The second kappa shape index (κ2) is 6.78. The summed E-state index contributed by atoms with van der Waals surface area (Å²) in [7, 11) is 0. The number of aromatic nitrogens is 2. The maximum Gasteiger partial charge on any atom is 0.306 e. The maximum atomic E-state index is 12.1. The molecule has 1 aliphatic rings. The van der Waals surface area contributed by atoms with Gasteiger partial charge < -0.3 is 10.4 Å². The Morgan fingerprint density at radius 2 is 2.15 bits per heavy atom. The van der Waals surface area contributed by atoms with Crippen molar-refractivity contribution in [1.82, 2.24) is 14.9 Å². The summed E-state index contributed by atoms with van der Waals surface area (Å²) in [6.45, 7) is 2.34. The van der Waals surface area contributed by atoms with Gasteiger partial charge in [-0.05, 0) is 36.7 Å². The molecule has 1 fully saturated rings. The van der Waals surface area contributed by atoms with E-state index in [2.05, 4.69) is 14.9 Å². The number of amides is 1. The van der Waals surface area contributed by atoms with E-state index in [0.717, 1.165) is 30.8 Å². The number of aliphatic carboxylic acids is 1. The second-order valence-electron chi connectivity index (χ2n) is 5.10. The van der Waals surface area contributed by atoms with E-state index in [1.165, 1.54) is 0 Å². The van der Waals surface area contributed by atoms with Crippen molar-refractivity contribution in [3.05, 3.63) is 10.6 Å². The first-order valence-corrected chi connectivity index (χ1v) is 7.73. The highest BCUT2D eigenvalue weighted by molar-refractivity contribution is 7.08. The molecule has 1 saturated carbocycles. The van der Waals surface area contributed by atoms with Crippen LogP contribution < -0.4 is 5.32 Å². The van der Waals surface area contributed by atoms with Crippen LogP contribution in [-0.2, 0) is 11.2 Å². The van der Waals surface area contributed by atoms with Gasteiger partial charge in [0.05, 0.1) is 11.6 Å². The number of hydrogen-bond acceptors (Lipinski definition) is 5. The molecule has 0 saturated heterocycles. The SMILES string of the molecule is CCc1nnsc1C(=O)NCC1CCCCC1C(=O)O. The Hall–Kier alpha value is -1.50. The molecule has 0 radical (unpaired) electrons. The fourth-order valence-corrected chi connectivity index (χ4v) is 3.36. The van der Waals surface area contributed by atoms with Crippen molar-refractivity contribution in [3.63, 3.8) is 0 Å². The van der Waals surface area contributed by atoms with Crippen LogP contribution in [0.3, 0.4) is 0 Å². The zero-order valence-electron chi connectivity index (χ0n) is 11.5. The van der Waals surface area contributed by atoms with E-state index in [1.54, 1.807) is 0 Å². The molecule has 2 N–H and O–H groups in total. The molecule has 0 spiro atoms. The fraction of sp³-hybridized carbons (Fsp3) is 0.692. The highest BCUT2D eigenvalue weighted by Crippen LogP contribution is 2.29. The lowest BCUT2D eigenvalue weighted by atomic mass is 9.79. The van der Waals surface area contributed by atoms with Crippen molar-refractivity contribution in [2.24, 2.45) is 11.8 Å². The molecular formula is C13H19N3O3S.